The van der Waals surface area contributed by atoms with Crippen molar-refractivity contribution in [3.05, 3.63) is 57.3 Å². The van der Waals surface area contributed by atoms with Crippen molar-refractivity contribution in [2.24, 2.45) is 0 Å². The molecule has 0 atom stereocenters. The molecule has 98 valence electrons. The van der Waals surface area contributed by atoms with Crippen molar-refractivity contribution in [2.75, 3.05) is 5.32 Å². The minimum Gasteiger partial charge on any atom is -0.319 e. The third-order valence-corrected chi connectivity index (χ3v) is 2.96. The number of hydrogen-bond acceptors (Lipinski definition) is 2. The third-order valence-electron chi connectivity index (χ3n) is 2.23. The normalized spacial score (nSPS) is 10.3. The molecule has 0 spiro atoms. The van der Waals surface area contributed by atoms with Crippen molar-refractivity contribution < 1.29 is 13.6 Å². The van der Waals surface area contributed by atoms with Crippen molar-refractivity contribution in [2.45, 2.75) is 0 Å². The van der Waals surface area contributed by atoms with Gasteiger partial charge in [-0.1, -0.05) is 11.6 Å². The quantitative estimate of drug-likeness (QED) is 0.834. The number of aromatic nitrogens is 1. The summed E-state index contributed by atoms with van der Waals surface area (Å²) in [5.74, 6) is -2.23. The van der Waals surface area contributed by atoms with Crippen LogP contribution in [-0.2, 0) is 0 Å². The van der Waals surface area contributed by atoms with Gasteiger partial charge >= 0.3 is 0 Å². The van der Waals surface area contributed by atoms with Gasteiger partial charge in [-0.2, -0.15) is 0 Å². The molecule has 1 heterocycles. The minimum absolute atomic E-state index is 0.0109. The van der Waals surface area contributed by atoms with Crippen molar-refractivity contribution in [1.29, 1.82) is 0 Å². The maximum atomic E-state index is 13.4. The fourth-order valence-corrected chi connectivity index (χ4v) is 1.88. The Morgan fingerprint density at radius 1 is 1.32 bits per heavy atom. The first-order valence-electron chi connectivity index (χ1n) is 5.05. The van der Waals surface area contributed by atoms with Crippen LogP contribution in [0.4, 0.5) is 14.5 Å². The highest BCUT2D eigenvalue weighted by atomic mass is 79.9. The van der Waals surface area contributed by atoms with Crippen LogP contribution >= 0.6 is 27.5 Å². The number of amides is 1. The van der Waals surface area contributed by atoms with Gasteiger partial charge < -0.3 is 5.32 Å². The van der Waals surface area contributed by atoms with E-state index in [0.29, 0.717) is 10.5 Å². The second-order valence-corrected chi connectivity index (χ2v) is 4.84. The molecule has 1 aromatic carbocycles. The van der Waals surface area contributed by atoms with Crippen molar-refractivity contribution in [3.8, 4) is 0 Å². The van der Waals surface area contributed by atoms with Crippen LogP contribution in [0.2, 0.25) is 5.15 Å². The predicted octanol–water partition coefficient (Wildman–Crippen LogP) is 4.03. The topological polar surface area (TPSA) is 42.0 Å². The second-order valence-electron chi connectivity index (χ2n) is 3.57. The zero-order valence-electron chi connectivity index (χ0n) is 9.25. The van der Waals surface area contributed by atoms with Gasteiger partial charge in [0.25, 0.3) is 5.91 Å². The summed E-state index contributed by atoms with van der Waals surface area (Å²) in [6, 6.07) is 4.30. The van der Waals surface area contributed by atoms with E-state index in [1.54, 1.807) is 0 Å². The van der Waals surface area contributed by atoms with Gasteiger partial charge in [0.15, 0.2) is 0 Å². The Balaban J connectivity index is 2.28. The van der Waals surface area contributed by atoms with Gasteiger partial charge in [-0.25, -0.2) is 13.8 Å². The van der Waals surface area contributed by atoms with Crippen molar-refractivity contribution in [1.82, 2.24) is 4.98 Å². The van der Waals surface area contributed by atoms with Gasteiger partial charge in [0.1, 0.15) is 16.8 Å². The summed E-state index contributed by atoms with van der Waals surface area (Å²) in [4.78, 5) is 15.7. The molecule has 1 amide bonds. The number of hydrogen-bond donors (Lipinski definition) is 1. The zero-order chi connectivity index (χ0) is 14.0. The lowest BCUT2D eigenvalue weighted by atomic mass is 10.2. The zero-order valence-corrected chi connectivity index (χ0v) is 11.6. The van der Waals surface area contributed by atoms with Crippen LogP contribution < -0.4 is 5.32 Å². The number of halogens is 4. The van der Waals surface area contributed by atoms with Crippen LogP contribution in [0.5, 0.6) is 0 Å². The number of carbonyl (C=O) groups is 1. The van der Waals surface area contributed by atoms with E-state index >= 15 is 0 Å². The second kappa shape index (κ2) is 5.63. The summed E-state index contributed by atoms with van der Waals surface area (Å²) in [6.07, 6.45) is 1.43. The fourth-order valence-electron chi connectivity index (χ4n) is 1.36. The van der Waals surface area contributed by atoms with E-state index in [1.165, 1.54) is 12.3 Å². The van der Waals surface area contributed by atoms with Gasteiger partial charge in [-0.05, 0) is 34.1 Å². The molecule has 0 saturated carbocycles. The van der Waals surface area contributed by atoms with E-state index in [-0.39, 0.29) is 16.4 Å². The summed E-state index contributed by atoms with van der Waals surface area (Å²) in [5, 5.41) is 2.28. The van der Waals surface area contributed by atoms with E-state index in [1.807, 2.05) is 0 Å². The van der Waals surface area contributed by atoms with E-state index in [2.05, 4.69) is 26.2 Å². The molecule has 0 aliphatic carbocycles. The first-order chi connectivity index (χ1) is 8.97. The molecular formula is C12H6BrClF2N2O. The standard InChI is InChI=1S/C12H6BrClF2N2O/c13-6-3-8(11(14)17-5-6)12(19)18-10-2-1-7(15)4-9(10)16/h1-5H,(H,18,19). The van der Waals surface area contributed by atoms with Gasteiger partial charge in [0.2, 0.25) is 0 Å². The molecule has 19 heavy (non-hydrogen) atoms. The lowest BCUT2D eigenvalue weighted by Crippen LogP contribution is -2.14. The van der Waals surface area contributed by atoms with E-state index in [4.69, 9.17) is 11.6 Å². The van der Waals surface area contributed by atoms with E-state index < -0.39 is 17.5 Å². The summed E-state index contributed by atoms with van der Waals surface area (Å²) in [6.45, 7) is 0. The summed E-state index contributed by atoms with van der Waals surface area (Å²) in [5.41, 5.74) is -0.0535. The van der Waals surface area contributed by atoms with E-state index in [0.717, 1.165) is 12.1 Å². The molecule has 1 N–H and O–H groups in total. The monoisotopic (exact) mass is 346 g/mol. The Kier molecular flexibility index (Phi) is 4.11. The molecule has 2 rings (SSSR count). The Morgan fingerprint density at radius 2 is 2.05 bits per heavy atom. The number of carbonyl (C=O) groups excluding carboxylic acids is 1. The molecule has 0 aliphatic heterocycles. The molecule has 3 nitrogen and oxygen atoms in total. The number of rotatable bonds is 2. The average molecular weight is 348 g/mol. The Bertz CT molecular complexity index is 652. The molecule has 0 radical (unpaired) electrons. The highest BCUT2D eigenvalue weighted by molar-refractivity contribution is 9.10. The van der Waals surface area contributed by atoms with Gasteiger partial charge in [0, 0.05) is 16.7 Å². The number of nitrogens with zero attached hydrogens (tertiary/aromatic N) is 1. The number of nitrogens with one attached hydrogen (secondary N) is 1. The lowest BCUT2D eigenvalue weighted by Gasteiger charge is -2.07. The third kappa shape index (κ3) is 3.27. The molecule has 0 bridgehead atoms. The van der Waals surface area contributed by atoms with Gasteiger partial charge in [-0.15, -0.1) is 0 Å². The van der Waals surface area contributed by atoms with Gasteiger partial charge in [0.05, 0.1) is 11.3 Å². The number of pyridine rings is 1. The van der Waals surface area contributed by atoms with Crippen LogP contribution in [0.3, 0.4) is 0 Å². The largest absolute Gasteiger partial charge is 0.319 e. The Labute approximate surface area is 120 Å². The average Bonchev–Trinajstić information content (AvgIpc) is 2.35. The SMILES string of the molecule is O=C(Nc1ccc(F)cc1F)c1cc(Br)cnc1Cl. The highest BCUT2D eigenvalue weighted by Crippen LogP contribution is 2.21. The van der Waals surface area contributed by atoms with Crippen LogP contribution in [0.1, 0.15) is 10.4 Å². The predicted molar refractivity (Wildman–Crippen MR) is 71.3 cm³/mol. The number of benzene rings is 1. The maximum absolute atomic E-state index is 13.4. The van der Waals surface area contributed by atoms with E-state index in [9.17, 15) is 13.6 Å². The van der Waals surface area contributed by atoms with Crippen molar-refractivity contribution in [3.63, 3.8) is 0 Å². The van der Waals surface area contributed by atoms with Crippen LogP contribution in [0, 0.1) is 11.6 Å². The lowest BCUT2D eigenvalue weighted by molar-refractivity contribution is 0.102. The first-order valence-corrected chi connectivity index (χ1v) is 6.22. The molecule has 7 heteroatoms. The highest BCUT2D eigenvalue weighted by Gasteiger charge is 2.14. The molecule has 0 aliphatic rings. The van der Waals surface area contributed by atoms with Crippen LogP contribution in [0.15, 0.2) is 34.9 Å². The minimum atomic E-state index is -0.868. The molecule has 0 saturated heterocycles. The van der Waals surface area contributed by atoms with Crippen LogP contribution in [0.25, 0.3) is 0 Å². The molecule has 1 aromatic heterocycles. The van der Waals surface area contributed by atoms with Gasteiger partial charge in [-0.3, -0.25) is 4.79 Å². The Hall–Kier alpha value is -1.53. The van der Waals surface area contributed by atoms with Crippen molar-refractivity contribution >= 4 is 39.1 Å². The Morgan fingerprint density at radius 3 is 2.74 bits per heavy atom. The fraction of sp³-hybridized carbons (Fsp3) is 0. The summed E-state index contributed by atoms with van der Waals surface area (Å²) >= 11 is 8.93. The maximum Gasteiger partial charge on any atom is 0.258 e. The first kappa shape index (κ1) is 13.9. The smallest absolute Gasteiger partial charge is 0.258 e. The summed E-state index contributed by atoms with van der Waals surface area (Å²) in [7, 11) is 0. The molecule has 0 fully saturated rings. The molecule has 0 unspecified atom stereocenters. The summed E-state index contributed by atoms with van der Waals surface area (Å²) < 4.78 is 26.7. The number of anilines is 1. The van der Waals surface area contributed by atoms with Crippen LogP contribution in [-0.4, -0.2) is 10.9 Å². The molecule has 2 aromatic rings. The molecular weight excluding hydrogens is 341 g/mol.